The number of hydrogen-bond donors (Lipinski definition) is 0. The van der Waals surface area contributed by atoms with Gasteiger partial charge in [0.05, 0.1) is 49.7 Å². The maximum Gasteiger partial charge on any atom is 0.221 e. The highest BCUT2D eigenvalue weighted by Crippen LogP contribution is 2.59. The van der Waals surface area contributed by atoms with E-state index in [1.54, 1.807) is 0 Å². The summed E-state index contributed by atoms with van der Waals surface area (Å²) in [6.45, 7) is 14.2. The normalized spacial score (nSPS) is 13.6. The summed E-state index contributed by atoms with van der Waals surface area (Å²) in [4.78, 5) is 13.0. The molecule has 3 aliphatic carbocycles. The molecule has 146 heavy (non-hydrogen) atoms. The molecule has 9 heteroatoms. The van der Waals surface area contributed by atoms with E-state index in [0.717, 1.165) is 94.4 Å². The summed E-state index contributed by atoms with van der Waals surface area (Å²) in [6, 6.07) is 170. The third kappa shape index (κ3) is 12.3. The average Bonchev–Trinajstić information content (AvgIpc) is 1.44. The smallest absolute Gasteiger partial charge is 0.221 e. The molecule has 3 aliphatic rings. The van der Waals surface area contributed by atoms with Gasteiger partial charge in [0.2, 0.25) is 5.95 Å². The van der Waals surface area contributed by atoms with Crippen LogP contribution in [-0.4, -0.2) is 28.1 Å². The van der Waals surface area contributed by atoms with Crippen LogP contribution < -0.4 is 20.8 Å². The third-order valence-corrected chi connectivity index (χ3v) is 35.5. The summed E-state index contributed by atoms with van der Waals surface area (Å²) in [5.74, 6) is 0.842. The zero-order valence-corrected chi connectivity index (χ0v) is 82.4. The predicted molar refractivity (Wildman–Crippen MR) is 616 cm³/mol. The first-order valence-corrected chi connectivity index (χ1v) is 52.4. The van der Waals surface area contributed by atoms with Crippen molar-refractivity contribution >= 4 is 198 Å². The van der Waals surface area contributed by atoms with E-state index in [-0.39, 0.29) is 16.2 Å². The Balaban J connectivity index is 0.000000104. The first-order chi connectivity index (χ1) is 71.6. The molecule has 5 heterocycles. The van der Waals surface area contributed by atoms with E-state index in [0.29, 0.717) is 0 Å². The molecule has 0 fully saturated rings. The largest absolute Gasteiger partial charge is 0.311 e. The number of hydrogen-bond acceptors (Lipinski definition) is 4. The summed E-state index contributed by atoms with van der Waals surface area (Å²) < 4.78 is 24.8. The van der Waals surface area contributed by atoms with Crippen LogP contribution in [0.3, 0.4) is 0 Å². The summed E-state index contributed by atoms with van der Waals surface area (Å²) >= 11 is 0. The summed E-state index contributed by atoms with van der Waals surface area (Å²) in [7, 11) is -3.10. The molecule has 0 atom stereocenters. The van der Waals surface area contributed by atoms with Crippen molar-refractivity contribution in [2.24, 2.45) is 0 Å². The van der Waals surface area contributed by atoms with Crippen molar-refractivity contribution in [3.05, 3.63) is 507 Å². The standard InChI is InChI=1S/C47H34N2.C47H34NOP.C43H28N4/c1-47(2)39-22-12-11-21-38(39)45-43-32(15-13-23-40(43)47)30-42-46(45)44-37-20-10-9-14-31(37)24-29-41(44)49(42)36-27-25-35(26-28-36)48(33-16-5-3-6-17-33)34-18-7-4-8-19-34;1-47(2)39-22-12-11-21-38(39)45-43-32(15-13-23-40(43)47)30-42-46(45)44-37-20-10-9-14-31(37)24-29-41(44)48(42)33-25-27-36(28-26-33)50(49,34-16-5-3-6-17-34)35-18-7-4-8-19-35;1-43(2)30-17-7-5-15-28(30)39-37-26(13-11-18-31(37)43)24-36-40(39)38-27-14-4-3-12-25(27)22-23-35(38)46(36)42-45-32-19-8-6-16-29(32)41-44-33-20-9-10-21-34(33)47(41)42/h3-30H,1-2H3;3-30H,1-2H3;3-24H,1-2H3. The first kappa shape index (κ1) is 85.0. The second kappa shape index (κ2) is 32.1. The van der Waals surface area contributed by atoms with Crippen molar-refractivity contribution in [1.82, 2.24) is 28.1 Å². The molecule has 0 radical (unpaired) electrons. The Bertz CT molecular complexity index is 10400. The third-order valence-electron chi connectivity index (χ3n) is 32.4. The molecule has 0 saturated carbocycles. The van der Waals surface area contributed by atoms with Gasteiger partial charge in [0.25, 0.3) is 0 Å². The minimum Gasteiger partial charge on any atom is -0.311 e. The monoisotopic (exact) mass is 1890 g/mol. The number of fused-ring (bicyclic) bond motifs is 29. The van der Waals surface area contributed by atoms with Gasteiger partial charge in [0, 0.05) is 115 Å². The minimum absolute atomic E-state index is 0.101. The van der Waals surface area contributed by atoms with Crippen molar-refractivity contribution < 1.29 is 4.57 Å². The number of benzene rings is 23. The molecule has 0 saturated heterocycles. The Labute approximate surface area is 844 Å². The van der Waals surface area contributed by atoms with Crippen molar-refractivity contribution in [1.29, 1.82) is 0 Å². The molecule has 0 N–H and O–H groups in total. The van der Waals surface area contributed by atoms with Crippen molar-refractivity contribution in [2.75, 3.05) is 4.90 Å². The highest BCUT2D eigenvalue weighted by molar-refractivity contribution is 7.85. The fourth-order valence-corrected chi connectivity index (χ4v) is 28.5. The Hall–Kier alpha value is -17.8. The molecule has 0 bridgehead atoms. The number of imidazole rings is 1. The van der Waals surface area contributed by atoms with E-state index in [4.69, 9.17) is 9.97 Å². The molecule has 5 aromatic heterocycles. The number of para-hydroxylation sites is 5. The zero-order chi connectivity index (χ0) is 97.3. The summed E-state index contributed by atoms with van der Waals surface area (Å²) in [5, 5.41) is 26.6. The van der Waals surface area contributed by atoms with Crippen molar-refractivity contribution in [3.8, 4) is 50.7 Å². The van der Waals surface area contributed by atoms with Crippen LogP contribution in [0.1, 0.15) is 74.9 Å². The lowest BCUT2D eigenvalue weighted by atomic mass is 9.68. The molecule has 690 valence electrons. The molecule has 0 amide bonds. The topological polar surface area (TPSA) is 65.3 Å². The Morgan fingerprint density at radius 2 is 0.541 bits per heavy atom. The highest BCUT2D eigenvalue weighted by atomic mass is 31.2. The van der Waals surface area contributed by atoms with Gasteiger partial charge in [-0.25, -0.2) is 9.97 Å². The van der Waals surface area contributed by atoms with Crippen LogP contribution in [0.2, 0.25) is 0 Å². The van der Waals surface area contributed by atoms with Gasteiger partial charge in [-0.15, -0.1) is 0 Å². The lowest BCUT2D eigenvalue weighted by Gasteiger charge is -2.35. The van der Waals surface area contributed by atoms with Gasteiger partial charge in [-0.1, -0.05) is 381 Å². The van der Waals surface area contributed by atoms with Gasteiger partial charge in [0.15, 0.2) is 7.14 Å². The molecular formula is C137H96N7OP. The van der Waals surface area contributed by atoms with E-state index in [9.17, 15) is 0 Å². The van der Waals surface area contributed by atoms with Crippen LogP contribution >= 0.6 is 7.14 Å². The quantitative estimate of drug-likeness (QED) is 0.135. The molecule has 31 rings (SSSR count). The van der Waals surface area contributed by atoms with Gasteiger partial charge in [-0.05, 0) is 248 Å². The van der Waals surface area contributed by atoms with E-state index >= 15 is 4.57 Å². The first-order valence-electron chi connectivity index (χ1n) is 50.7. The van der Waals surface area contributed by atoms with E-state index < -0.39 is 7.14 Å². The van der Waals surface area contributed by atoms with E-state index in [1.807, 2.05) is 60.7 Å². The van der Waals surface area contributed by atoms with Crippen LogP contribution in [0.25, 0.3) is 208 Å². The van der Waals surface area contributed by atoms with Crippen LogP contribution in [0.15, 0.2) is 473 Å². The van der Waals surface area contributed by atoms with Crippen LogP contribution in [-0.2, 0) is 20.8 Å². The number of rotatable bonds is 9. The minimum atomic E-state index is -3.10. The molecule has 0 aliphatic heterocycles. The Morgan fingerprint density at radius 3 is 0.966 bits per heavy atom. The molecule has 8 nitrogen and oxygen atoms in total. The molecule has 0 spiro atoms. The Morgan fingerprint density at radius 1 is 0.226 bits per heavy atom. The average molecular weight is 1890 g/mol. The fraction of sp³-hybridized carbons (Fsp3) is 0.0657. The molecule has 28 aromatic rings. The SMILES string of the molecule is CC1(C)c2ccccc2-c2c3c1cccc3cc1c2c2c3ccccc3ccc2n1-c1ccc(N(c2ccccc2)c2ccccc2)cc1.CC1(C)c2ccccc2-c2c3c1cccc3cc1c2c2c3ccccc3ccc2n1-c1ccc(P(=O)(c2ccccc2)c2ccccc2)cc1.CC1(C)c2ccccc2-c2c3c1cccc3cc1c2c2c3ccccc3ccc2n1-c1nc2ccccc2c2nc3ccccc3n12. The van der Waals surface area contributed by atoms with Crippen LogP contribution in [0, 0.1) is 0 Å². The van der Waals surface area contributed by atoms with E-state index in [1.165, 1.54) is 180 Å². The number of nitrogens with zero attached hydrogens (tertiary/aromatic N) is 7. The number of anilines is 3. The van der Waals surface area contributed by atoms with Gasteiger partial charge in [-0.3, -0.25) is 8.97 Å². The highest BCUT2D eigenvalue weighted by Gasteiger charge is 2.41. The van der Waals surface area contributed by atoms with Gasteiger partial charge >= 0.3 is 0 Å². The van der Waals surface area contributed by atoms with Crippen LogP contribution in [0.5, 0.6) is 0 Å². The maximum absolute atomic E-state index is 15.2. The van der Waals surface area contributed by atoms with Crippen molar-refractivity contribution in [3.63, 3.8) is 0 Å². The molecule has 23 aromatic carbocycles. The van der Waals surface area contributed by atoms with Gasteiger partial charge in [-0.2, -0.15) is 0 Å². The molecule has 0 unspecified atom stereocenters. The maximum atomic E-state index is 15.2. The second-order valence-corrected chi connectivity index (χ2v) is 44.0. The zero-order valence-electron chi connectivity index (χ0n) is 81.5. The predicted octanol–water partition coefficient (Wildman–Crippen LogP) is 34.6. The lowest BCUT2D eigenvalue weighted by Crippen LogP contribution is -2.25. The van der Waals surface area contributed by atoms with Gasteiger partial charge in [0.1, 0.15) is 5.65 Å². The van der Waals surface area contributed by atoms with E-state index in [2.05, 4.69) is 477 Å². The summed E-state index contributed by atoms with van der Waals surface area (Å²) in [5.41, 5.74) is 32.3. The fourth-order valence-electron chi connectivity index (χ4n) is 25.8. The number of aromatic nitrogens is 6. The second-order valence-electron chi connectivity index (χ2n) is 41.2. The van der Waals surface area contributed by atoms with Crippen molar-refractivity contribution in [2.45, 2.75) is 57.8 Å². The lowest BCUT2D eigenvalue weighted by molar-refractivity contribution is 0.592. The van der Waals surface area contributed by atoms with Gasteiger partial charge < -0.3 is 18.6 Å². The Kier molecular flexibility index (Phi) is 18.7. The summed E-state index contributed by atoms with van der Waals surface area (Å²) in [6.07, 6.45) is 0. The molecular weight excluding hydrogens is 1790 g/mol. The van der Waals surface area contributed by atoms with Crippen LogP contribution in [0.4, 0.5) is 17.1 Å².